The highest BCUT2D eigenvalue weighted by molar-refractivity contribution is 6.31. The molecule has 2 aromatic heterocycles. The van der Waals surface area contributed by atoms with Crippen molar-refractivity contribution in [2.24, 2.45) is 0 Å². The number of halogens is 2. The van der Waals surface area contributed by atoms with E-state index in [-0.39, 0.29) is 17.3 Å². The lowest BCUT2D eigenvalue weighted by Gasteiger charge is -2.23. The molecule has 10 heteroatoms. The first kappa shape index (κ1) is 19.8. The maximum absolute atomic E-state index is 13.4. The topological polar surface area (TPSA) is 107 Å². The van der Waals surface area contributed by atoms with Gasteiger partial charge in [0, 0.05) is 11.3 Å². The largest absolute Gasteiger partial charge is 0.375 e. The van der Waals surface area contributed by atoms with Crippen LogP contribution in [-0.4, -0.2) is 27.8 Å². The maximum atomic E-state index is 13.4. The Kier molecular flexibility index (Phi) is 5.61. The summed E-state index contributed by atoms with van der Waals surface area (Å²) in [5.41, 5.74) is 3.67. The molecule has 152 valence electrons. The third-order valence-corrected chi connectivity index (χ3v) is 4.97. The summed E-state index contributed by atoms with van der Waals surface area (Å²) in [6.07, 6.45) is 2.13. The molecule has 0 aliphatic carbocycles. The molecular formula is C20H16ClFN6O2. The molecule has 3 heterocycles. The Bertz CT molecular complexity index is 1130. The minimum atomic E-state index is -0.576. The minimum absolute atomic E-state index is 0.0965. The van der Waals surface area contributed by atoms with Gasteiger partial charge in [-0.2, -0.15) is 10.4 Å². The van der Waals surface area contributed by atoms with Crippen LogP contribution in [0.4, 0.5) is 20.6 Å². The van der Waals surface area contributed by atoms with Gasteiger partial charge < -0.3 is 10.1 Å². The molecule has 0 atom stereocenters. The molecule has 0 saturated heterocycles. The van der Waals surface area contributed by atoms with E-state index in [4.69, 9.17) is 21.6 Å². The van der Waals surface area contributed by atoms with Crippen molar-refractivity contribution < 1.29 is 13.9 Å². The van der Waals surface area contributed by atoms with Gasteiger partial charge in [0.05, 0.1) is 48.1 Å². The van der Waals surface area contributed by atoms with Gasteiger partial charge in [-0.3, -0.25) is 10.00 Å². The number of benzene rings is 1. The monoisotopic (exact) mass is 426 g/mol. The van der Waals surface area contributed by atoms with Gasteiger partial charge in [0.2, 0.25) is 0 Å². The summed E-state index contributed by atoms with van der Waals surface area (Å²) in [6.45, 7) is 1.19. The van der Waals surface area contributed by atoms with E-state index in [1.807, 2.05) is 6.07 Å². The molecule has 0 unspecified atom stereocenters. The average molecular weight is 427 g/mol. The fraction of sp³-hybridized carbons (Fsp3) is 0.200. The number of pyridine rings is 1. The molecule has 0 saturated carbocycles. The number of rotatable bonds is 4. The van der Waals surface area contributed by atoms with Crippen molar-refractivity contribution >= 4 is 29.0 Å². The van der Waals surface area contributed by atoms with E-state index in [1.165, 1.54) is 35.4 Å². The lowest BCUT2D eigenvalue weighted by molar-refractivity contribution is 0.108. The zero-order chi connectivity index (χ0) is 21.1. The molecule has 0 radical (unpaired) electrons. The number of carbonyl (C=O) groups is 1. The van der Waals surface area contributed by atoms with Crippen LogP contribution in [-0.2, 0) is 24.3 Å². The number of fused-ring (bicyclic) bond motifs is 1. The quantitative estimate of drug-likeness (QED) is 0.660. The lowest BCUT2D eigenvalue weighted by atomic mass is 10.1. The van der Waals surface area contributed by atoms with Crippen molar-refractivity contribution in [3.05, 3.63) is 70.0 Å². The van der Waals surface area contributed by atoms with Crippen molar-refractivity contribution in [1.82, 2.24) is 15.2 Å². The normalized spacial score (nSPS) is 12.7. The second kappa shape index (κ2) is 8.49. The van der Waals surface area contributed by atoms with E-state index in [1.54, 1.807) is 6.07 Å². The highest BCUT2D eigenvalue weighted by atomic mass is 35.5. The molecule has 1 aliphatic heterocycles. The van der Waals surface area contributed by atoms with Crippen LogP contribution in [0.25, 0.3) is 0 Å². The number of nitrogens with one attached hydrogen (secondary N) is 2. The number of urea groups is 1. The Labute approximate surface area is 176 Å². The number of ether oxygens (including phenoxy) is 1. The van der Waals surface area contributed by atoms with Gasteiger partial charge in [0.15, 0.2) is 0 Å². The molecule has 8 nitrogen and oxygen atoms in total. The number of anilines is 2. The SMILES string of the molecule is N#Cc1ccc(N(Cc2n[nH]c3c2CCOC3)C(=O)Nc2ccc(F)c(Cl)c2)cn1. The van der Waals surface area contributed by atoms with E-state index in [2.05, 4.69) is 20.5 Å². The van der Waals surface area contributed by atoms with Gasteiger partial charge in [0.25, 0.3) is 0 Å². The summed E-state index contributed by atoms with van der Waals surface area (Å²) in [4.78, 5) is 18.6. The van der Waals surface area contributed by atoms with Crippen molar-refractivity contribution in [3.63, 3.8) is 0 Å². The molecular weight excluding hydrogens is 411 g/mol. The number of H-pyrrole nitrogens is 1. The molecule has 0 fully saturated rings. The fourth-order valence-corrected chi connectivity index (χ4v) is 3.33. The van der Waals surface area contributed by atoms with E-state index < -0.39 is 11.8 Å². The predicted octanol–water partition coefficient (Wildman–Crippen LogP) is 3.78. The zero-order valence-electron chi connectivity index (χ0n) is 15.7. The number of aromatic nitrogens is 3. The van der Waals surface area contributed by atoms with Crippen molar-refractivity contribution in [3.8, 4) is 6.07 Å². The summed E-state index contributed by atoms with van der Waals surface area (Å²) in [6, 6.07) is 8.55. The first-order valence-electron chi connectivity index (χ1n) is 9.07. The fourth-order valence-electron chi connectivity index (χ4n) is 3.14. The Hall–Kier alpha value is -3.48. The second-order valence-electron chi connectivity index (χ2n) is 6.59. The standard InChI is InChI=1S/C20H16ClFN6O2/c21-16-7-12(2-4-17(16)22)25-20(29)28(14-3-1-13(8-23)24-9-14)10-18-15-5-6-30-11-19(15)27-26-18/h1-4,7,9H,5-6,10-11H2,(H,25,29)(H,26,27). The number of amides is 2. The third kappa shape index (κ3) is 4.10. The Morgan fingerprint density at radius 1 is 1.40 bits per heavy atom. The Morgan fingerprint density at radius 3 is 3.00 bits per heavy atom. The molecule has 2 amide bonds. The van der Waals surface area contributed by atoms with Crippen molar-refractivity contribution in [2.45, 2.75) is 19.6 Å². The number of aromatic amines is 1. The van der Waals surface area contributed by atoms with Gasteiger partial charge >= 0.3 is 6.03 Å². The number of hydrogen-bond donors (Lipinski definition) is 2. The molecule has 3 aromatic rings. The van der Waals surface area contributed by atoms with Crippen LogP contribution in [0.5, 0.6) is 0 Å². The minimum Gasteiger partial charge on any atom is -0.375 e. The smallest absolute Gasteiger partial charge is 0.326 e. The van der Waals surface area contributed by atoms with Crippen LogP contribution >= 0.6 is 11.6 Å². The molecule has 30 heavy (non-hydrogen) atoms. The highest BCUT2D eigenvalue weighted by Gasteiger charge is 2.23. The van der Waals surface area contributed by atoms with Gasteiger partial charge in [-0.1, -0.05) is 11.6 Å². The number of nitriles is 1. The summed E-state index contributed by atoms with van der Waals surface area (Å²) in [5.74, 6) is -0.576. The number of nitrogens with zero attached hydrogens (tertiary/aromatic N) is 4. The average Bonchev–Trinajstić information content (AvgIpc) is 3.17. The van der Waals surface area contributed by atoms with Gasteiger partial charge in [-0.05, 0) is 36.8 Å². The van der Waals surface area contributed by atoms with Crippen molar-refractivity contribution in [2.75, 3.05) is 16.8 Å². The summed E-state index contributed by atoms with van der Waals surface area (Å²) < 4.78 is 18.9. The first-order chi connectivity index (χ1) is 14.5. The Morgan fingerprint density at radius 2 is 2.27 bits per heavy atom. The van der Waals surface area contributed by atoms with Crippen LogP contribution in [0.1, 0.15) is 22.6 Å². The summed E-state index contributed by atoms with van der Waals surface area (Å²) in [7, 11) is 0. The van der Waals surface area contributed by atoms with E-state index >= 15 is 0 Å². The molecule has 1 aliphatic rings. The molecule has 1 aromatic carbocycles. The first-order valence-corrected chi connectivity index (χ1v) is 9.45. The molecule has 4 rings (SSSR count). The lowest BCUT2D eigenvalue weighted by Crippen LogP contribution is -2.35. The molecule has 0 bridgehead atoms. The van der Waals surface area contributed by atoms with E-state index in [0.717, 1.165) is 11.3 Å². The second-order valence-corrected chi connectivity index (χ2v) is 7.00. The van der Waals surface area contributed by atoms with Gasteiger partial charge in [0.1, 0.15) is 17.6 Å². The van der Waals surface area contributed by atoms with Crippen molar-refractivity contribution in [1.29, 1.82) is 5.26 Å². The van der Waals surface area contributed by atoms with E-state index in [0.29, 0.717) is 36.7 Å². The van der Waals surface area contributed by atoms with Crippen LogP contribution in [0.15, 0.2) is 36.5 Å². The van der Waals surface area contributed by atoms with Crippen LogP contribution < -0.4 is 10.2 Å². The number of hydrogen-bond acceptors (Lipinski definition) is 5. The number of carbonyl (C=O) groups excluding carboxylic acids is 1. The van der Waals surface area contributed by atoms with Crippen LogP contribution in [0, 0.1) is 17.1 Å². The van der Waals surface area contributed by atoms with Crippen LogP contribution in [0.2, 0.25) is 5.02 Å². The molecule has 2 N–H and O–H groups in total. The van der Waals surface area contributed by atoms with Gasteiger partial charge in [-0.25, -0.2) is 14.2 Å². The Balaban J connectivity index is 1.64. The summed E-state index contributed by atoms with van der Waals surface area (Å²) in [5, 5.41) is 18.9. The maximum Gasteiger partial charge on any atom is 0.326 e. The summed E-state index contributed by atoms with van der Waals surface area (Å²) >= 11 is 5.82. The van der Waals surface area contributed by atoms with E-state index in [9.17, 15) is 9.18 Å². The molecule has 0 spiro atoms. The predicted molar refractivity (Wildman–Crippen MR) is 108 cm³/mol. The van der Waals surface area contributed by atoms with Crippen LogP contribution in [0.3, 0.4) is 0 Å². The highest BCUT2D eigenvalue weighted by Crippen LogP contribution is 2.24. The van der Waals surface area contributed by atoms with Gasteiger partial charge in [-0.15, -0.1) is 0 Å². The third-order valence-electron chi connectivity index (χ3n) is 4.68. The zero-order valence-corrected chi connectivity index (χ0v) is 16.4.